The number of rotatable bonds is 6. The highest BCUT2D eigenvalue weighted by molar-refractivity contribution is 5.85. The molecule has 0 aliphatic carbocycles. The number of hydrogen-bond donors (Lipinski definition) is 2. The van der Waals surface area contributed by atoms with E-state index in [1.807, 2.05) is 32.5 Å². The molecule has 1 unspecified atom stereocenters. The van der Waals surface area contributed by atoms with Gasteiger partial charge in [-0.05, 0) is 39.2 Å². The van der Waals surface area contributed by atoms with Gasteiger partial charge in [-0.1, -0.05) is 13.3 Å². The Kier molecular flexibility index (Phi) is 5.11. The van der Waals surface area contributed by atoms with Crippen molar-refractivity contribution in [1.29, 1.82) is 0 Å². The number of nitrogens with one attached hydrogen (secondary N) is 1. The molecule has 108 valence electrons. The predicted molar refractivity (Wildman–Crippen MR) is 76.9 cm³/mol. The Labute approximate surface area is 115 Å². The van der Waals surface area contributed by atoms with Crippen molar-refractivity contribution in [2.24, 2.45) is 12.8 Å². The maximum Gasteiger partial charge on any atom is 0.239 e. The first-order valence-corrected chi connectivity index (χ1v) is 6.85. The van der Waals surface area contributed by atoms with E-state index in [1.165, 1.54) is 5.56 Å². The Morgan fingerprint density at radius 3 is 2.58 bits per heavy atom. The van der Waals surface area contributed by atoms with Gasteiger partial charge in [-0.3, -0.25) is 9.48 Å². The van der Waals surface area contributed by atoms with Crippen LogP contribution in [0.25, 0.3) is 0 Å². The Morgan fingerprint density at radius 1 is 1.47 bits per heavy atom. The van der Waals surface area contributed by atoms with Crippen molar-refractivity contribution in [1.82, 2.24) is 15.1 Å². The molecule has 0 bridgehead atoms. The smallest absolute Gasteiger partial charge is 0.239 e. The van der Waals surface area contributed by atoms with E-state index < -0.39 is 5.54 Å². The molecular weight excluding hydrogens is 240 g/mol. The number of nitrogens with zero attached hydrogens (tertiary/aromatic N) is 2. The summed E-state index contributed by atoms with van der Waals surface area (Å²) >= 11 is 0. The molecule has 5 heteroatoms. The molecule has 0 aliphatic rings. The van der Waals surface area contributed by atoms with Crippen LogP contribution in [0.4, 0.5) is 0 Å². The SMILES string of the molecule is CCCC(C)(N)C(=O)NCCc1c(C)nn(C)c1C. The molecule has 0 spiro atoms. The summed E-state index contributed by atoms with van der Waals surface area (Å²) in [6.07, 6.45) is 2.39. The van der Waals surface area contributed by atoms with E-state index in [1.54, 1.807) is 6.92 Å². The van der Waals surface area contributed by atoms with Gasteiger partial charge >= 0.3 is 0 Å². The normalized spacial score (nSPS) is 14.2. The summed E-state index contributed by atoms with van der Waals surface area (Å²) in [7, 11) is 1.93. The van der Waals surface area contributed by atoms with Gasteiger partial charge in [0, 0.05) is 19.3 Å². The summed E-state index contributed by atoms with van der Waals surface area (Å²) in [6.45, 7) is 8.45. The van der Waals surface area contributed by atoms with Crippen LogP contribution in [0.3, 0.4) is 0 Å². The first kappa shape index (κ1) is 15.7. The summed E-state index contributed by atoms with van der Waals surface area (Å²) in [4.78, 5) is 12.0. The van der Waals surface area contributed by atoms with Crippen LogP contribution in [-0.4, -0.2) is 27.8 Å². The Balaban J connectivity index is 2.53. The molecule has 0 aliphatic heterocycles. The quantitative estimate of drug-likeness (QED) is 0.813. The van der Waals surface area contributed by atoms with Crippen LogP contribution in [0.15, 0.2) is 0 Å². The number of nitrogens with two attached hydrogens (primary N) is 1. The first-order valence-electron chi connectivity index (χ1n) is 6.85. The van der Waals surface area contributed by atoms with E-state index in [-0.39, 0.29) is 5.91 Å². The fourth-order valence-electron chi connectivity index (χ4n) is 2.32. The third-order valence-electron chi connectivity index (χ3n) is 3.61. The van der Waals surface area contributed by atoms with E-state index in [9.17, 15) is 4.79 Å². The summed E-state index contributed by atoms with van der Waals surface area (Å²) < 4.78 is 1.87. The fourth-order valence-corrected chi connectivity index (χ4v) is 2.32. The van der Waals surface area contributed by atoms with Gasteiger partial charge in [-0.2, -0.15) is 5.10 Å². The maximum atomic E-state index is 12.0. The summed E-state index contributed by atoms with van der Waals surface area (Å²) in [5.41, 5.74) is 8.60. The molecule has 0 aromatic carbocycles. The summed E-state index contributed by atoms with van der Waals surface area (Å²) in [5.74, 6) is -0.0754. The lowest BCUT2D eigenvalue weighted by molar-refractivity contribution is -0.126. The van der Waals surface area contributed by atoms with Crippen molar-refractivity contribution in [2.45, 2.75) is 52.5 Å². The van der Waals surface area contributed by atoms with Crippen LogP contribution < -0.4 is 11.1 Å². The zero-order valence-corrected chi connectivity index (χ0v) is 12.7. The van der Waals surface area contributed by atoms with Gasteiger partial charge in [-0.25, -0.2) is 0 Å². The molecule has 1 rings (SSSR count). The molecule has 0 saturated carbocycles. The molecule has 1 heterocycles. The van der Waals surface area contributed by atoms with Gasteiger partial charge in [0.25, 0.3) is 0 Å². The largest absolute Gasteiger partial charge is 0.354 e. The Hall–Kier alpha value is -1.36. The summed E-state index contributed by atoms with van der Waals surface area (Å²) in [6, 6.07) is 0. The van der Waals surface area contributed by atoms with Gasteiger partial charge in [0.15, 0.2) is 0 Å². The van der Waals surface area contributed by atoms with Gasteiger partial charge in [0.1, 0.15) is 0 Å². The van der Waals surface area contributed by atoms with Crippen LogP contribution in [0, 0.1) is 13.8 Å². The number of aryl methyl sites for hydroxylation is 2. The van der Waals surface area contributed by atoms with Gasteiger partial charge in [-0.15, -0.1) is 0 Å². The van der Waals surface area contributed by atoms with Crippen molar-refractivity contribution in [3.05, 3.63) is 17.0 Å². The minimum atomic E-state index is -0.770. The third kappa shape index (κ3) is 3.80. The average molecular weight is 266 g/mol. The molecule has 3 N–H and O–H groups in total. The number of carbonyl (C=O) groups is 1. The van der Waals surface area contributed by atoms with Crippen molar-refractivity contribution >= 4 is 5.91 Å². The number of amides is 1. The molecule has 1 aromatic rings. The highest BCUT2D eigenvalue weighted by Gasteiger charge is 2.26. The number of carbonyl (C=O) groups excluding carboxylic acids is 1. The molecule has 1 atom stereocenters. The van der Waals surface area contributed by atoms with Crippen molar-refractivity contribution in [3.8, 4) is 0 Å². The Bertz CT molecular complexity index is 449. The van der Waals surface area contributed by atoms with Crippen molar-refractivity contribution in [3.63, 3.8) is 0 Å². The van der Waals surface area contributed by atoms with Gasteiger partial charge in [0.2, 0.25) is 5.91 Å². The second-order valence-electron chi connectivity index (χ2n) is 5.45. The molecule has 0 fully saturated rings. The molecule has 1 amide bonds. The molecule has 19 heavy (non-hydrogen) atoms. The third-order valence-corrected chi connectivity index (χ3v) is 3.61. The van der Waals surface area contributed by atoms with Crippen molar-refractivity contribution < 1.29 is 4.79 Å². The molecule has 0 saturated heterocycles. The topological polar surface area (TPSA) is 72.9 Å². The molecule has 1 aromatic heterocycles. The highest BCUT2D eigenvalue weighted by atomic mass is 16.2. The van der Waals surface area contributed by atoms with Crippen LogP contribution in [0.1, 0.15) is 43.6 Å². The lowest BCUT2D eigenvalue weighted by atomic mass is 9.96. The fraction of sp³-hybridized carbons (Fsp3) is 0.714. The van der Waals surface area contributed by atoms with Gasteiger partial charge in [0.05, 0.1) is 11.2 Å². The van der Waals surface area contributed by atoms with E-state index in [0.29, 0.717) is 13.0 Å². The Morgan fingerprint density at radius 2 is 2.11 bits per heavy atom. The maximum absolute atomic E-state index is 12.0. The van der Waals surface area contributed by atoms with Crippen molar-refractivity contribution in [2.75, 3.05) is 6.54 Å². The highest BCUT2D eigenvalue weighted by Crippen LogP contribution is 2.12. The second kappa shape index (κ2) is 6.19. The van der Waals surface area contributed by atoms with Crippen LogP contribution >= 0.6 is 0 Å². The minimum Gasteiger partial charge on any atom is -0.354 e. The number of aromatic nitrogens is 2. The monoisotopic (exact) mass is 266 g/mol. The zero-order chi connectivity index (χ0) is 14.6. The lowest BCUT2D eigenvalue weighted by Crippen LogP contribution is -2.51. The molecule has 0 radical (unpaired) electrons. The predicted octanol–water partition coefficient (Wildman–Crippen LogP) is 1.21. The standard InChI is InChI=1S/C14H26N4O/c1-6-8-14(4,15)13(19)16-9-7-12-10(2)17-18(5)11(12)3/h6-9,15H2,1-5H3,(H,16,19). The average Bonchev–Trinajstić information content (AvgIpc) is 2.55. The van der Waals surface area contributed by atoms with E-state index in [0.717, 1.165) is 24.2 Å². The number of hydrogen-bond acceptors (Lipinski definition) is 3. The zero-order valence-electron chi connectivity index (χ0n) is 12.7. The second-order valence-corrected chi connectivity index (χ2v) is 5.45. The van der Waals surface area contributed by atoms with E-state index in [2.05, 4.69) is 10.4 Å². The molecular formula is C14H26N4O. The lowest BCUT2D eigenvalue weighted by Gasteiger charge is -2.22. The van der Waals surface area contributed by atoms with Crippen LogP contribution in [0.2, 0.25) is 0 Å². The van der Waals surface area contributed by atoms with Crippen LogP contribution in [-0.2, 0) is 18.3 Å². The summed E-state index contributed by atoms with van der Waals surface area (Å²) in [5, 5.41) is 7.28. The first-order chi connectivity index (χ1) is 8.79. The minimum absolute atomic E-state index is 0.0754. The van der Waals surface area contributed by atoms with Gasteiger partial charge < -0.3 is 11.1 Å². The van der Waals surface area contributed by atoms with E-state index in [4.69, 9.17) is 5.73 Å². The van der Waals surface area contributed by atoms with Crippen LogP contribution in [0.5, 0.6) is 0 Å². The van der Waals surface area contributed by atoms with E-state index >= 15 is 0 Å². The molecule has 5 nitrogen and oxygen atoms in total.